The van der Waals surface area contributed by atoms with Gasteiger partial charge in [0.2, 0.25) is 17.7 Å². The molecule has 0 radical (unpaired) electrons. The summed E-state index contributed by atoms with van der Waals surface area (Å²) in [6.45, 7) is 4.66. The molecule has 0 spiro atoms. The molecule has 0 fully saturated rings. The Morgan fingerprint density at radius 1 is 1.11 bits per heavy atom. The minimum absolute atomic E-state index is 0.0384. The minimum atomic E-state index is -1.11. The van der Waals surface area contributed by atoms with Gasteiger partial charge in [0.25, 0.3) is 0 Å². The van der Waals surface area contributed by atoms with Crippen LogP contribution in [0.2, 0.25) is 0 Å². The molecule has 4 N–H and O–H groups in total. The fraction of sp³-hybridized carbons (Fsp3) is 0.474. The minimum Gasteiger partial charge on any atom is -0.466 e. The van der Waals surface area contributed by atoms with Crippen molar-refractivity contribution in [3.05, 3.63) is 35.6 Å². The first kappa shape index (κ1) is 23.1. The van der Waals surface area contributed by atoms with E-state index in [9.17, 15) is 23.6 Å². The van der Waals surface area contributed by atoms with E-state index in [0.717, 1.165) is 0 Å². The maximum Gasteiger partial charge on any atom is 0.308 e. The number of nitrogens with two attached hydrogens (primary N) is 1. The van der Waals surface area contributed by atoms with Gasteiger partial charge in [0.1, 0.15) is 17.9 Å². The van der Waals surface area contributed by atoms with Crippen LogP contribution >= 0.6 is 0 Å². The van der Waals surface area contributed by atoms with Crippen molar-refractivity contribution in [1.29, 1.82) is 0 Å². The number of hydrogen-bond donors (Lipinski definition) is 3. The molecular formula is C19H26FN3O5. The molecule has 28 heavy (non-hydrogen) atoms. The van der Waals surface area contributed by atoms with Crippen LogP contribution in [0.4, 0.5) is 4.39 Å². The molecule has 0 bridgehead atoms. The van der Waals surface area contributed by atoms with Crippen molar-refractivity contribution in [1.82, 2.24) is 10.6 Å². The second kappa shape index (κ2) is 11.0. The SMILES string of the molecule is CCOC(=O)[C@@H](C)C[C@H](NC(=O)[C@H](Cc1ccc(F)cc1)NC(C)=O)C(N)=O. The van der Waals surface area contributed by atoms with Crippen molar-refractivity contribution in [3.8, 4) is 0 Å². The third-order valence-corrected chi connectivity index (χ3v) is 3.99. The molecule has 0 aliphatic carbocycles. The highest BCUT2D eigenvalue weighted by Gasteiger charge is 2.28. The number of primary amides is 1. The molecule has 1 aromatic carbocycles. The van der Waals surface area contributed by atoms with Gasteiger partial charge in [0, 0.05) is 13.3 Å². The van der Waals surface area contributed by atoms with E-state index in [0.29, 0.717) is 5.56 Å². The zero-order chi connectivity index (χ0) is 21.3. The third kappa shape index (κ3) is 7.73. The molecule has 9 heteroatoms. The fourth-order valence-electron chi connectivity index (χ4n) is 2.56. The number of benzene rings is 1. The average Bonchev–Trinajstić information content (AvgIpc) is 2.61. The van der Waals surface area contributed by atoms with E-state index in [1.165, 1.54) is 31.2 Å². The molecule has 1 aromatic rings. The lowest BCUT2D eigenvalue weighted by Crippen LogP contribution is -2.54. The molecule has 0 saturated carbocycles. The smallest absolute Gasteiger partial charge is 0.308 e. The number of halogens is 1. The summed E-state index contributed by atoms with van der Waals surface area (Å²) < 4.78 is 17.9. The molecule has 0 unspecified atom stereocenters. The van der Waals surface area contributed by atoms with E-state index in [4.69, 9.17) is 10.5 Å². The molecule has 0 aliphatic heterocycles. The van der Waals surface area contributed by atoms with Gasteiger partial charge < -0.3 is 21.1 Å². The largest absolute Gasteiger partial charge is 0.466 e. The highest BCUT2D eigenvalue weighted by molar-refractivity contribution is 5.91. The van der Waals surface area contributed by atoms with E-state index in [-0.39, 0.29) is 19.4 Å². The van der Waals surface area contributed by atoms with Crippen molar-refractivity contribution < 1.29 is 28.3 Å². The van der Waals surface area contributed by atoms with Crippen molar-refractivity contribution in [2.45, 2.75) is 45.7 Å². The van der Waals surface area contributed by atoms with Gasteiger partial charge in [-0.15, -0.1) is 0 Å². The van der Waals surface area contributed by atoms with Gasteiger partial charge in [-0.05, 0) is 31.0 Å². The normalized spacial score (nSPS) is 13.7. The van der Waals surface area contributed by atoms with Crippen LogP contribution in [0, 0.1) is 11.7 Å². The molecule has 1 rings (SSSR count). The summed E-state index contributed by atoms with van der Waals surface area (Å²) in [7, 11) is 0. The standard InChI is InChI=1S/C19H26FN3O5/c1-4-28-19(27)11(2)9-15(17(21)25)23-18(26)16(22-12(3)24)10-13-5-7-14(20)8-6-13/h5-8,11,15-16H,4,9-10H2,1-3H3,(H2,21,25)(H,22,24)(H,23,26)/t11-,15-,16-/m0/s1. The number of carbonyl (C=O) groups excluding carboxylic acids is 4. The van der Waals surface area contributed by atoms with Crippen molar-refractivity contribution in [2.75, 3.05) is 6.61 Å². The lowest BCUT2D eigenvalue weighted by molar-refractivity contribution is -0.148. The fourth-order valence-corrected chi connectivity index (χ4v) is 2.56. The molecule has 154 valence electrons. The van der Waals surface area contributed by atoms with E-state index in [1.807, 2.05) is 0 Å². The second-order valence-electron chi connectivity index (χ2n) is 6.44. The predicted octanol–water partition coefficient (Wildman–Crippen LogP) is 0.432. The highest BCUT2D eigenvalue weighted by atomic mass is 19.1. The number of nitrogens with one attached hydrogen (secondary N) is 2. The van der Waals surface area contributed by atoms with Gasteiger partial charge in [-0.1, -0.05) is 19.1 Å². The molecule has 0 saturated heterocycles. The van der Waals surface area contributed by atoms with Gasteiger partial charge in [0.15, 0.2) is 0 Å². The second-order valence-corrected chi connectivity index (χ2v) is 6.44. The van der Waals surface area contributed by atoms with Crippen LogP contribution in [0.3, 0.4) is 0 Å². The predicted molar refractivity (Wildman–Crippen MR) is 99.2 cm³/mol. The summed E-state index contributed by atoms with van der Waals surface area (Å²) in [5.74, 6) is -3.49. The van der Waals surface area contributed by atoms with Crippen LogP contribution in [0.15, 0.2) is 24.3 Å². The number of carbonyl (C=O) groups is 4. The molecule has 0 aliphatic rings. The topological polar surface area (TPSA) is 128 Å². The van der Waals surface area contributed by atoms with Crippen LogP contribution in [-0.2, 0) is 30.3 Å². The van der Waals surface area contributed by atoms with Gasteiger partial charge in [-0.3, -0.25) is 19.2 Å². The van der Waals surface area contributed by atoms with Gasteiger partial charge in [0.05, 0.1) is 12.5 Å². The van der Waals surface area contributed by atoms with Crippen LogP contribution in [0.5, 0.6) is 0 Å². The van der Waals surface area contributed by atoms with E-state index >= 15 is 0 Å². The Morgan fingerprint density at radius 2 is 1.71 bits per heavy atom. The first-order valence-electron chi connectivity index (χ1n) is 8.91. The summed E-state index contributed by atoms with van der Waals surface area (Å²) >= 11 is 0. The number of esters is 1. The van der Waals surface area contributed by atoms with Gasteiger partial charge in [-0.25, -0.2) is 4.39 Å². The van der Waals surface area contributed by atoms with Crippen LogP contribution in [0.25, 0.3) is 0 Å². The first-order chi connectivity index (χ1) is 13.1. The van der Waals surface area contributed by atoms with Crippen molar-refractivity contribution in [3.63, 3.8) is 0 Å². The van der Waals surface area contributed by atoms with E-state index < -0.39 is 47.5 Å². The third-order valence-electron chi connectivity index (χ3n) is 3.99. The maximum absolute atomic E-state index is 13.1. The summed E-state index contributed by atoms with van der Waals surface area (Å²) in [4.78, 5) is 47.6. The summed E-state index contributed by atoms with van der Waals surface area (Å²) in [5, 5.41) is 4.97. The number of hydrogen-bond acceptors (Lipinski definition) is 5. The monoisotopic (exact) mass is 395 g/mol. The van der Waals surface area contributed by atoms with Gasteiger partial charge in [-0.2, -0.15) is 0 Å². The molecular weight excluding hydrogens is 369 g/mol. The summed E-state index contributed by atoms with van der Waals surface area (Å²) in [5.41, 5.74) is 5.96. The molecule has 8 nitrogen and oxygen atoms in total. The average molecular weight is 395 g/mol. The van der Waals surface area contributed by atoms with Gasteiger partial charge >= 0.3 is 5.97 Å². The molecule has 3 atom stereocenters. The molecule has 3 amide bonds. The summed E-state index contributed by atoms with van der Waals surface area (Å²) in [6, 6.07) is 3.35. The number of rotatable bonds is 10. The van der Waals surface area contributed by atoms with E-state index in [1.54, 1.807) is 13.8 Å². The zero-order valence-corrected chi connectivity index (χ0v) is 16.2. The first-order valence-corrected chi connectivity index (χ1v) is 8.91. The maximum atomic E-state index is 13.1. The quantitative estimate of drug-likeness (QED) is 0.495. The lowest BCUT2D eigenvalue weighted by atomic mass is 10.00. The van der Waals surface area contributed by atoms with E-state index in [2.05, 4.69) is 10.6 Å². The summed E-state index contributed by atoms with van der Waals surface area (Å²) in [6.07, 6.45) is 0.0495. The highest BCUT2D eigenvalue weighted by Crippen LogP contribution is 2.10. The molecule has 0 aromatic heterocycles. The number of ether oxygens (including phenoxy) is 1. The Balaban J connectivity index is 2.86. The van der Waals surface area contributed by atoms with Crippen LogP contribution < -0.4 is 16.4 Å². The Labute approximate surface area is 163 Å². The van der Waals surface area contributed by atoms with Crippen molar-refractivity contribution in [2.24, 2.45) is 11.7 Å². The Morgan fingerprint density at radius 3 is 2.21 bits per heavy atom. The Kier molecular flexibility index (Phi) is 9.07. The lowest BCUT2D eigenvalue weighted by Gasteiger charge is -2.23. The van der Waals surface area contributed by atoms with Crippen LogP contribution in [-0.4, -0.2) is 42.4 Å². The number of amides is 3. The Bertz CT molecular complexity index is 708. The van der Waals surface area contributed by atoms with Crippen LogP contribution in [0.1, 0.15) is 32.8 Å². The zero-order valence-electron chi connectivity index (χ0n) is 16.2. The molecule has 0 heterocycles. The van der Waals surface area contributed by atoms with Crippen molar-refractivity contribution >= 4 is 23.7 Å². The Hall–Kier alpha value is -2.97.